The van der Waals surface area contributed by atoms with E-state index < -0.39 is 0 Å². The maximum absolute atomic E-state index is 12.2. The average molecular weight is 320 g/mol. The number of hydrogen-bond donors (Lipinski definition) is 1. The van der Waals surface area contributed by atoms with E-state index in [0.717, 1.165) is 0 Å². The number of carbonyl (C=O) groups excluding carboxylic acids is 1. The zero-order chi connectivity index (χ0) is 15.2. The Morgan fingerprint density at radius 2 is 2.05 bits per heavy atom. The number of rotatable bonds is 4. The molecule has 1 amide bonds. The summed E-state index contributed by atoms with van der Waals surface area (Å²) in [6.45, 7) is 0.147. The minimum Gasteiger partial charge on any atom is -0.481 e. The summed E-state index contributed by atoms with van der Waals surface area (Å²) in [5.74, 6) is 2.59. The molecule has 3 nitrogen and oxygen atoms in total. The van der Waals surface area contributed by atoms with Crippen molar-refractivity contribution in [1.82, 2.24) is 0 Å². The minimum absolute atomic E-state index is 0.147. The maximum atomic E-state index is 12.2. The lowest BCUT2D eigenvalue weighted by molar-refractivity contribution is 0.102. The average Bonchev–Trinajstić information content (AvgIpc) is 2.48. The maximum Gasteiger partial charge on any atom is 0.255 e. The Kier molecular flexibility index (Phi) is 5.10. The molecule has 106 valence electrons. The molecule has 0 fully saturated rings. The molecule has 2 aromatic carbocycles. The predicted molar refractivity (Wildman–Crippen MR) is 85.2 cm³/mol. The van der Waals surface area contributed by atoms with Crippen molar-refractivity contribution >= 4 is 34.8 Å². The highest BCUT2D eigenvalue weighted by atomic mass is 35.5. The van der Waals surface area contributed by atoms with E-state index in [4.69, 9.17) is 34.4 Å². The van der Waals surface area contributed by atoms with E-state index in [9.17, 15) is 4.79 Å². The van der Waals surface area contributed by atoms with Crippen LogP contribution in [0, 0.1) is 12.3 Å². The molecule has 0 bridgehead atoms. The van der Waals surface area contributed by atoms with E-state index in [1.165, 1.54) is 0 Å². The first-order chi connectivity index (χ1) is 10.1. The number of anilines is 1. The molecule has 0 aromatic heterocycles. The molecule has 21 heavy (non-hydrogen) atoms. The molecule has 1 N–H and O–H groups in total. The lowest BCUT2D eigenvalue weighted by Gasteiger charge is -2.09. The van der Waals surface area contributed by atoms with Gasteiger partial charge in [0.2, 0.25) is 0 Å². The van der Waals surface area contributed by atoms with Crippen molar-refractivity contribution in [2.45, 2.75) is 0 Å². The van der Waals surface area contributed by atoms with Crippen molar-refractivity contribution in [2.75, 3.05) is 11.9 Å². The second kappa shape index (κ2) is 7.03. The fraction of sp³-hybridized carbons (Fsp3) is 0.0625. The highest BCUT2D eigenvalue weighted by molar-refractivity contribution is 6.36. The van der Waals surface area contributed by atoms with Crippen LogP contribution >= 0.6 is 23.2 Å². The van der Waals surface area contributed by atoms with E-state index in [-0.39, 0.29) is 12.5 Å². The van der Waals surface area contributed by atoms with E-state index >= 15 is 0 Å². The largest absolute Gasteiger partial charge is 0.481 e. The number of halogens is 2. The Bertz CT molecular complexity index is 708. The molecule has 5 heteroatoms. The van der Waals surface area contributed by atoms with E-state index in [1.54, 1.807) is 42.5 Å². The van der Waals surface area contributed by atoms with Crippen molar-refractivity contribution in [3.63, 3.8) is 0 Å². The lowest BCUT2D eigenvalue weighted by atomic mass is 10.2. The zero-order valence-corrected chi connectivity index (χ0v) is 12.4. The van der Waals surface area contributed by atoms with Gasteiger partial charge in [0.25, 0.3) is 5.91 Å². The summed E-state index contributed by atoms with van der Waals surface area (Å²) < 4.78 is 5.28. The molecule has 0 heterocycles. The highest BCUT2D eigenvalue weighted by Gasteiger charge is 2.09. The van der Waals surface area contributed by atoms with Gasteiger partial charge in [-0.3, -0.25) is 4.79 Å². The Labute approximate surface area is 132 Å². The quantitative estimate of drug-likeness (QED) is 0.855. The lowest BCUT2D eigenvalue weighted by Crippen LogP contribution is -2.12. The molecule has 0 aliphatic heterocycles. The zero-order valence-electron chi connectivity index (χ0n) is 10.9. The minimum atomic E-state index is -0.301. The van der Waals surface area contributed by atoms with Crippen molar-refractivity contribution in [2.24, 2.45) is 0 Å². The van der Waals surface area contributed by atoms with Crippen molar-refractivity contribution < 1.29 is 9.53 Å². The Hall–Kier alpha value is -2.15. The third kappa shape index (κ3) is 4.16. The summed E-state index contributed by atoms with van der Waals surface area (Å²) in [7, 11) is 0. The smallest absolute Gasteiger partial charge is 0.255 e. The number of terminal acetylenes is 1. The summed E-state index contributed by atoms with van der Waals surface area (Å²) in [5.41, 5.74) is 0.927. The monoisotopic (exact) mass is 319 g/mol. The first kappa shape index (κ1) is 15.2. The molecule has 0 aliphatic rings. The van der Waals surface area contributed by atoms with E-state index in [0.29, 0.717) is 27.0 Å². The van der Waals surface area contributed by atoms with Crippen LogP contribution in [0.2, 0.25) is 10.0 Å². The van der Waals surface area contributed by atoms with Gasteiger partial charge in [0, 0.05) is 10.6 Å². The number of benzene rings is 2. The fourth-order valence-electron chi connectivity index (χ4n) is 1.64. The van der Waals surface area contributed by atoms with Gasteiger partial charge in [-0.1, -0.05) is 35.2 Å². The second-order valence-corrected chi connectivity index (χ2v) is 4.94. The Balaban J connectivity index is 2.15. The molecule has 0 unspecified atom stereocenters. The van der Waals surface area contributed by atoms with Crippen LogP contribution in [0.25, 0.3) is 0 Å². The van der Waals surface area contributed by atoms with Crippen LogP contribution in [0.5, 0.6) is 5.75 Å². The molecule has 2 aromatic rings. The van der Waals surface area contributed by atoms with Gasteiger partial charge in [0.05, 0.1) is 10.7 Å². The van der Waals surface area contributed by atoms with Crippen LogP contribution in [-0.4, -0.2) is 12.5 Å². The molecule has 2 rings (SSSR count). The predicted octanol–water partition coefficient (Wildman–Crippen LogP) is 4.26. The molecule has 0 atom stereocenters. The fourth-order valence-corrected chi connectivity index (χ4v) is 2.09. The molecule has 0 saturated heterocycles. The molecule has 0 saturated carbocycles. The number of ether oxygens (including phenoxy) is 1. The van der Waals surface area contributed by atoms with Crippen LogP contribution in [0.15, 0.2) is 42.5 Å². The van der Waals surface area contributed by atoms with Crippen LogP contribution in [0.3, 0.4) is 0 Å². The Morgan fingerprint density at radius 1 is 1.24 bits per heavy atom. The highest BCUT2D eigenvalue weighted by Crippen LogP contribution is 2.26. The first-order valence-corrected chi connectivity index (χ1v) is 6.78. The summed E-state index contributed by atoms with van der Waals surface area (Å²) in [6.07, 6.45) is 5.13. The first-order valence-electron chi connectivity index (χ1n) is 6.03. The van der Waals surface area contributed by atoms with Gasteiger partial charge >= 0.3 is 0 Å². The van der Waals surface area contributed by atoms with Gasteiger partial charge < -0.3 is 10.1 Å². The molecule has 0 aliphatic carbocycles. The SMILES string of the molecule is C#CCOc1cccc(C(=O)Nc2ccc(Cl)cc2Cl)c1. The van der Waals surface area contributed by atoms with Crippen molar-refractivity contribution in [1.29, 1.82) is 0 Å². The Morgan fingerprint density at radius 3 is 2.76 bits per heavy atom. The molecular weight excluding hydrogens is 309 g/mol. The van der Waals surface area contributed by atoms with Crippen LogP contribution in [-0.2, 0) is 0 Å². The van der Waals surface area contributed by atoms with Crippen molar-refractivity contribution in [3.05, 3.63) is 58.1 Å². The van der Waals surface area contributed by atoms with E-state index in [1.807, 2.05) is 0 Å². The summed E-state index contributed by atoms with van der Waals surface area (Å²) >= 11 is 11.8. The number of nitrogens with one attached hydrogen (secondary N) is 1. The van der Waals surface area contributed by atoms with Gasteiger partial charge in [0.15, 0.2) is 0 Å². The van der Waals surface area contributed by atoms with Gasteiger partial charge in [0.1, 0.15) is 12.4 Å². The molecular formula is C16H11Cl2NO2. The summed E-state index contributed by atoms with van der Waals surface area (Å²) in [6, 6.07) is 11.6. The summed E-state index contributed by atoms with van der Waals surface area (Å²) in [5, 5.41) is 3.59. The second-order valence-electron chi connectivity index (χ2n) is 4.10. The normalized spacial score (nSPS) is 9.76. The number of amides is 1. The van der Waals surface area contributed by atoms with Crippen molar-refractivity contribution in [3.8, 4) is 18.1 Å². The standard InChI is InChI=1S/C16H11Cl2NO2/c1-2-8-21-13-5-3-4-11(9-13)16(20)19-15-7-6-12(17)10-14(15)18/h1,3-7,9-10H,8H2,(H,19,20). The third-order valence-electron chi connectivity index (χ3n) is 2.60. The number of hydrogen-bond acceptors (Lipinski definition) is 2. The van der Waals surface area contributed by atoms with Gasteiger partial charge in [-0.2, -0.15) is 0 Å². The van der Waals surface area contributed by atoms with Gasteiger partial charge in [-0.05, 0) is 36.4 Å². The van der Waals surface area contributed by atoms with Crippen LogP contribution < -0.4 is 10.1 Å². The van der Waals surface area contributed by atoms with Crippen LogP contribution in [0.1, 0.15) is 10.4 Å². The van der Waals surface area contributed by atoms with E-state index in [2.05, 4.69) is 11.2 Å². The number of carbonyl (C=O) groups is 1. The molecule has 0 spiro atoms. The van der Waals surface area contributed by atoms with Crippen LogP contribution in [0.4, 0.5) is 5.69 Å². The molecule has 0 radical (unpaired) electrons. The third-order valence-corrected chi connectivity index (χ3v) is 3.15. The van der Waals surface area contributed by atoms with Gasteiger partial charge in [-0.25, -0.2) is 0 Å². The van der Waals surface area contributed by atoms with Gasteiger partial charge in [-0.15, -0.1) is 6.42 Å². The topological polar surface area (TPSA) is 38.3 Å². The summed E-state index contributed by atoms with van der Waals surface area (Å²) in [4.78, 5) is 12.2.